The van der Waals surface area contributed by atoms with Gasteiger partial charge in [0, 0.05) is 37.3 Å². The van der Waals surface area contributed by atoms with Crippen molar-refractivity contribution in [1.29, 1.82) is 0 Å². The molecule has 292 valence electrons. The van der Waals surface area contributed by atoms with Gasteiger partial charge >= 0.3 is 5.97 Å². The Bertz CT molecular complexity index is 933. The zero-order chi connectivity index (χ0) is 39.3. The van der Waals surface area contributed by atoms with Crippen LogP contribution in [-0.4, -0.2) is 150 Å². The highest BCUT2D eigenvalue weighted by molar-refractivity contribution is 5.92. The summed E-state index contributed by atoms with van der Waals surface area (Å²) in [5, 5.41) is 8.28. The molecule has 0 aromatic rings. The monoisotopic (exact) mass is 710 g/mol. The lowest BCUT2D eigenvalue weighted by molar-refractivity contribution is -0.139. The van der Waals surface area contributed by atoms with Gasteiger partial charge in [-0.25, -0.2) is 4.79 Å². The van der Waals surface area contributed by atoms with Gasteiger partial charge in [0.1, 0.15) is 6.61 Å². The van der Waals surface area contributed by atoms with Crippen LogP contribution < -0.4 is 16.0 Å². The molecule has 0 rings (SSSR count). The van der Waals surface area contributed by atoms with Crippen molar-refractivity contribution >= 4 is 23.7 Å². The van der Waals surface area contributed by atoms with Crippen molar-refractivity contribution in [2.24, 2.45) is 0 Å². The fourth-order valence-electron chi connectivity index (χ4n) is 3.58. The first-order chi connectivity index (χ1) is 23.6. The van der Waals surface area contributed by atoms with Crippen LogP contribution in [0.3, 0.4) is 0 Å². The van der Waals surface area contributed by atoms with Crippen LogP contribution in [0.1, 0.15) is 67.7 Å². The average molecular weight is 710 g/mol. The van der Waals surface area contributed by atoms with Crippen LogP contribution in [0.25, 0.3) is 0 Å². The minimum Gasteiger partial charge on any atom is -0.461 e. The highest BCUT2D eigenvalue weighted by atomic mass is 16.5. The predicted molar refractivity (Wildman–Crippen MR) is 211 cm³/mol. The van der Waals surface area contributed by atoms with E-state index in [1.165, 1.54) is 12.2 Å². The van der Waals surface area contributed by atoms with Crippen molar-refractivity contribution in [3.05, 3.63) is 49.6 Å². The number of likely N-dealkylation sites (N-methyl/N-ethyl adjacent to an activating group) is 1. The molecule has 0 bridgehead atoms. The van der Waals surface area contributed by atoms with Gasteiger partial charge in [-0.05, 0) is 119 Å². The van der Waals surface area contributed by atoms with Gasteiger partial charge in [0.05, 0.1) is 0 Å². The van der Waals surface area contributed by atoms with Gasteiger partial charge in [0.15, 0.2) is 0 Å². The van der Waals surface area contributed by atoms with E-state index in [1.807, 2.05) is 21.1 Å². The van der Waals surface area contributed by atoms with Gasteiger partial charge in [-0.3, -0.25) is 14.4 Å². The van der Waals surface area contributed by atoms with Crippen molar-refractivity contribution in [3.8, 4) is 0 Å². The molecule has 0 aliphatic carbocycles. The molecule has 0 radical (unpaired) electrons. The molecule has 0 fully saturated rings. The normalized spacial score (nSPS) is 10.0. The molecular formula is C38H75N7O5. The Morgan fingerprint density at radius 3 is 1.32 bits per heavy atom. The van der Waals surface area contributed by atoms with Gasteiger partial charge in [-0.1, -0.05) is 60.9 Å². The topological polar surface area (TPSA) is 127 Å². The van der Waals surface area contributed by atoms with E-state index < -0.39 is 0 Å². The van der Waals surface area contributed by atoms with Crippen LogP contribution in [0.5, 0.6) is 0 Å². The van der Waals surface area contributed by atoms with Crippen LogP contribution >= 0.6 is 0 Å². The van der Waals surface area contributed by atoms with Crippen LogP contribution in [0.15, 0.2) is 49.6 Å². The number of nitrogens with zero attached hydrogens (tertiary/aromatic N) is 4. The number of nitrogens with one attached hydrogen (secondary N) is 3. The van der Waals surface area contributed by atoms with Crippen molar-refractivity contribution in [2.45, 2.75) is 67.7 Å². The quantitative estimate of drug-likeness (QED) is 0.0781. The van der Waals surface area contributed by atoms with E-state index >= 15 is 0 Å². The smallest absolute Gasteiger partial charge is 0.333 e. The highest BCUT2D eigenvalue weighted by Gasteiger charge is 2.03. The van der Waals surface area contributed by atoms with Gasteiger partial charge in [0.25, 0.3) is 0 Å². The summed E-state index contributed by atoms with van der Waals surface area (Å²) < 4.78 is 4.90. The molecular weight excluding hydrogens is 634 g/mol. The molecule has 12 heteroatoms. The third kappa shape index (κ3) is 40.9. The molecule has 0 saturated carbocycles. The summed E-state index contributed by atoms with van der Waals surface area (Å²) in [5.41, 5.74) is 1.03. The van der Waals surface area contributed by atoms with Crippen molar-refractivity contribution in [1.82, 2.24) is 35.6 Å². The lowest BCUT2D eigenvalue weighted by Gasteiger charge is -2.17. The van der Waals surface area contributed by atoms with Crippen LogP contribution in [-0.2, 0) is 23.9 Å². The largest absolute Gasteiger partial charge is 0.461 e. The van der Waals surface area contributed by atoms with Gasteiger partial charge in [-0.2, -0.15) is 0 Å². The molecule has 0 aliphatic heterocycles. The van der Waals surface area contributed by atoms with Crippen molar-refractivity contribution in [3.63, 3.8) is 0 Å². The zero-order valence-electron chi connectivity index (χ0n) is 33.6. The third-order valence-corrected chi connectivity index (χ3v) is 7.11. The lowest BCUT2D eigenvalue weighted by Crippen LogP contribution is -2.30. The van der Waals surface area contributed by atoms with E-state index in [-0.39, 0.29) is 23.7 Å². The lowest BCUT2D eigenvalue weighted by atomic mass is 10.3. The van der Waals surface area contributed by atoms with Crippen LogP contribution in [0.4, 0.5) is 0 Å². The predicted octanol–water partition coefficient (Wildman–Crippen LogP) is 3.73. The maximum absolute atomic E-state index is 11.1. The fraction of sp³-hybridized carbons (Fsp3) is 0.684. The Labute approximate surface area is 306 Å². The number of esters is 1. The van der Waals surface area contributed by atoms with E-state index in [2.05, 4.69) is 96.5 Å². The maximum Gasteiger partial charge on any atom is 0.333 e. The van der Waals surface area contributed by atoms with Crippen LogP contribution in [0, 0.1) is 0 Å². The van der Waals surface area contributed by atoms with Crippen molar-refractivity contribution < 1.29 is 23.9 Å². The molecule has 50 heavy (non-hydrogen) atoms. The Balaban J connectivity index is -0.000000283. The summed E-state index contributed by atoms with van der Waals surface area (Å²) >= 11 is 0. The van der Waals surface area contributed by atoms with E-state index in [0.29, 0.717) is 17.8 Å². The number of hydrogen-bond donors (Lipinski definition) is 3. The summed E-state index contributed by atoms with van der Waals surface area (Å²) in [6, 6.07) is 0. The van der Waals surface area contributed by atoms with Crippen molar-refractivity contribution in [2.75, 3.05) is 106 Å². The molecule has 0 spiro atoms. The minimum absolute atomic E-state index is 0.0375. The van der Waals surface area contributed by atoms with E-state index in [4.69, 9.17) is 4.74 Å². The Hall–Kier alpha value is -3.32. The summed E-state index contributed by atoms with van der Waals surface area (Å²) in [7, 11) is 6.00. The van der Waals surface area contributed by atoms with Gasteiger partial charge in [0.2, 0.25) is 17.7 Å². The first-order valence-electron chi connectivity index (χ1n) is 17.9. The molecule has 3 N–H and O–H groups in total. The van der Waals surface area contributed by atoms with Gasteiger partial charge in [-0.15, -0.1) is 0 Å². The maximum atomic E-state index is 11.1. The molecule has 0 unspecified atom stereocenters. The zero-order valence-corrected chi connectivity index (χ0v) is 33.6. The molecule has 0 saturated heterocycles. The number of carbonyl (C=O) groups is 4. The standard InChI is InChI=1S/C11H22N2O.C10H20N2O.C9H17NO2.C8H16N2O/c1-5-13(6-2)9-7-8-12-11(14)10(3)4;1-4-10(13)11-8-7-9-12(5-2)6-3;1-5-10(4)6-7-12-9(11)8(2)3;1-4-8(11)9-6-5-7-10(2)3/h3,5-9H2,1-2,4H3,(H,12,14);4H,1,5-9H2,2-3H3,(H,11,13);2,5-7H2,1,3-4H3;4H,1,5-7H2,2-3H3,(H,9,11). The summed E-state index contributed by atoms with van der Waals surface area (Å²) in [5.74, 6) is -0.521. The molecule has 0 aromatic heterocycles. The Morgan fingerprint density at radius 1 is 0.600 bits per heavy atom. The Kier molecular flexibility index (Phi) is 41.2. The summed E-state index contributed by atoms with van der Waals surface area (Å²) in [4.78, 5) is 52.2. The second kappa shape index (κ2) is 38.5. The summed E-state index contributed by atoms with van der Waals surface area (Å²) in [6.07, 6.45) is 5.57. The van der Waals surface area contributed by atoms with E-state index in [9.17, 15) is 19.2 Å². The fourth-order valence-corrected chi connectivity index (χ4v) is 3.58. The molecule has 0 atom stereocenters. The van der Waals surface area contributed by atoms with Crippen LogP contribution in [0.2, 0.25) is 0 Å². The number of carbonyl (C=O) groups excluding carboxylic acids is 4. The number of hydrogen-bond acceptors (Lipinski definition) is 9. The SMILES string of the molecule is C=C(C)C(=O)NCCCN(CC)CC.C=C(C)C(=O)OCCN(C)CC.C=CC(=O)NCCCN(C)C.C=CC(=O)NCCCN(CC)CC. The first-order valence-corrected chi connectivity index (χ1v) is 17.9. The molecule has 3 amide bonds. The van der Waals surface area contributed by atoms with E-state index in [1.54, 1.807) is 13.8 Å². The third-order valence-electron chi connectivity index (χ3n) is 7.11. The van der Waals surface area contributed by atoms with Gasteiger partial charge < -0.3 is 40.3 Å². The highest BCUT2D eigenvalue weighted by Crippen LogP contribution is 1.93. The molecule has 0 heterocycles. The molecule has 0 aromatic carbocycles. The second-order valence-corrected chi connectivity index (χ2v) is 11.8. The minimum atomic E-state index is -0.306. The second-order valence-electron chi connectivity index (χ2n) is 11.8. The Morgan fingerprint density at radius 2 is 1.00 bits per heavy atom. The first kappa shape index (κ1) is 53.5. The number of amides is 3. The summed E-state index contributed by atoms with van der Waals surface area (Å²) in [6.45, 7) is 39.6. The molecule has 12 nitrogen and oxygen atoms in total. The average Bonchev–Trinajstić information content (AvgIpc) is 3.10. The van der Waals surface area contributed by atoms with E-state index in [0.717, 1.165) is 97.8 Å². The number of ether oxygens (including phenoxy) is 1. The number of rotatable bonds is 24. The molecule has 0 aliphatic rings.